The summed E-state index contributed by atoms with van der Waals surface area (Å²) in [6.45, 7) is 5.29. The van der Waals surface area contributed by atoms with Crippen LogP contribution in [0.1, 0.15) is 16.7 Å². The first-order valence-corrected chi connectivity index (χ1v) is 7.61. The highest BCUT2D eigenvalue weighted by Gasteiger charge is 2.12. The number of hydrogen-bond acceptors (Lipinski definition) is 3. The molecule has 0 aliphatic heterocycles. The monoisotopic (exact) mass is 270 g/mol. The lowest BCUT2D eigenvalue weighted by Gasteiger charge is -2.12. The van der Waals surface area contributed by atoms with E-state index in [0.29, 0.717) is 13.1 Å². The van der Waals surface area contributed by atoms with E-state index in [4.69, 9.17) is 0 Å². The molecule has 0 amide bonds. The summed E-state index contributed by atoms with van der Waals surface area (Å²) < 4.78 is 24.4. The molecule has 4 nitrogen and oxygen atoms in total. The number of aryl methyl sites for hydroxylation is 2. The molecule has 1 rings (SSSR count). The molecule has 0 saturated carbocycles. The van der Waals surface area contributed by atoms with Crippen LogP contribution in [0.15, 0.2) is 18.2 Å². The van der Waals surface area contributed by atoms with E-state index < -0.39 is 10.0 Å². The summed E-state index contributed by atoms with van der Waals surface area (Å²) in [6, 6.07) is 6.29. The second kappa shape index (κ2) is 6.31. The maximum absolute atomic E-state index is 11.5. The second-order valence-corrected chi connectivity index (χ2v) is 7.01. The van der Waals surface area contributed by atoms with Gasteiger partial charge in [0.15, 0.2) is 0 Å². The van der Waals surface area contributed by atoms with E-state index >= 15 is 0 Å². The minimum atomic E-state index is -3.10. The molecule has 0 unspecified atom stereocenters. The zero-order valence-corrected chi connectivity index (χ0v) is 12.3. The van der Waals surface area contributed by atoms with Crippen molar-refractivity contribution in [3.8, 4) is 0 Å². The Morgan fingerprint density at radius 1 is 1.22 bits per heavy atom. The topological polar surface area (TPSA) is 49.4 Å². The largest absolute Gasteiger partial charge is 0.312 e. The van der Waals surface area contributed by atoms with Crippen molar-refractivity contribution in [3.05, 3.63) is 34.9 Å². The number of hydrogen-bond donors (Lipinski definition) is 1. The molecule has 0 saturated heterocycles. The molecule has 0 aliphatic carbocycles. The predicted molar refractivity (Wildman–Crippen MR) is 75.1 cm³/mol. The Morgan fingerprint density at radius 3 is 2.50 bits per heavy atom. The van der Waals surface area contributed by atoms with E-state index in [1.807, 2.05) is 0 Å². The normalized spacial score (nSPS) is 12.1. The summed E-state index contributed by atoms with van der Waals surface area (Å²) in [4.78, 5) is 0. The van der Waals surface area contributed by atoms with Crippen LogP contribution in [0.3, 0.4) is 0 Å². The summed E-state index contributed by atoms with van der Waals surface area (Å²) in [5, 5.41) is 3.17. The Labute approximate surface area is 110 Å². The highest BCUT2D eigenvalue weighted by atomic mass is 32.2. The fourth-order valence-corrected chi connectivity index (χ4v) is 2.36. The van der Waals surface area contributed by atoms with E-state index in [2.05, 4.69) is 37.4 Å². The maximum atomic E-state index is 11.5. The van der Waals surface area contributed by atoms with Crippen molar-refractivity contribution in [1.29, 1.82) is 0 Å². The van der Waals surface area contributed by atoms with E-state index in [-0.39, 0.29) is 5.75 Å². The molecule has 1 N–H and O–H groups in total. The van der Waals surface area contributed by atoms with Gasteiger partial charge in [0.25, 0.3) is 0 Å². The van der Waals surface area contributed by atoms with Crippen molar-refractivity contribution in [2.75, 3.05) is 26.4 Å². The molecule has 5 heteroatoms. The van der Waals surface area contributed by atoms with Crippen LogP contribution in [-0.2, 0) is 16.6 Å². The number of nitrogens with zero attached hydrogens (tertiary/aromatic N) is 1. The molecular weight excluding hydrogens is 248 g/mol. The molecule has 0 aliphatic rings. The fourth-order valence-electron chi connectivity index (χ4n) is 1.60. The van der Waals surface area contributed by atoms with Crippen LogP contribution in [0.25, 0.3) is 0 Å². The van der Waals surface area contributed by atoms with Crippen LogP contribution in [0.5, 0.6) is 0 Å². The third kappa shape index (κ3) is 4.40. The standard InChI is InChI=1S/C13H22N2O2S/c1-11-5-6-12(2)13(9-11)10-14-7-8-18(16,17)15(3)4/h5-6,9,14H,7-8,10H2,1-4H3. The third-order valence-corrected chi connectivity index (χ3v) is 4.75. The van der Waals surface area contributed by atoms with Gasteiger partial charge in [-0.3, -0.25) is 0 Å². The van der Waals surface area contributed by atoms with E-state index in [1.165, 1.54) is 21.0 Å². The quantitative estimate of drug-likeness (QED) is 0.792. The van der Waals surface area contributed by atoms with Gasteiger partial charge >= 0.3 is 0 Å². The minimum absolute atomic E-state index is 0.130. The summed E-state index contributed by atoms with van der Waals surface area (Å²) in [5.41, 5.74) is 3.67. The predicted octanol–water partition coefficient (Wildman–Crippen LogP) is 1.28. The highest BCUT2D eigenvalue weighted by molar-refractivity contribution is 7.89. The third-order valence-electron chi connectivity index (χ3n) is 2.91. The second-order valence-electron chi connectivity index (χ2n) is 4.71. The summed E-state index contributed by atoms with van der Waals surface area (Å²) in [6.07, 6.45) is 0. The lowest BCUT2D eigenvalue weighted by molar-refractivity contribution is 0.517. The first-order valence-electron chi connectivity index (χ1n) is 6.00. The SMILES string of the molecule is Cc1ccc(C)c(CNCCS(=O)(=O)N(C)C)c1. The molecule has 0 fully saturated rings. The van der Waals surface area contributed by atoms with Crippen molar-refractivity contribution in [2.45, 2.75) is 20.4 Å². The number of sulfonamides is 1. The van der Waals surface area contributed by atoms with E-state index in [0.717, 1.165) is 0 Å². The van der Waals surface area contributed by atoms with Gasteiger partial charge in [0.1, 0.15) is 0 Å². The van der Waals surface area contributed by atoms with Gasteiger partial charge in [0.2, 0.25) is 10.0 Å². The van der Waals surface area contributed by atoms with Crippen LogP contribution >= 0.6 is 0 Å². The summed E-state index contributed by atoms with van der Waals surface area (Å²) >= 11 is 0. The van der Waals surface area contributed by atoms with Crippen LogP contribution in [0, 0.1) is 13.8 Å². The lowest BCUT2D eigenvalue weighted by atomic mass is 10.1. The average Bonchev–Trinajstić information content (AvgIpc) is 2.28. The summed E-state index contributed by atoms with van der Waals surface area (Å²) in [7, 11) is 0.0111. The Bertz CT molecular complexity index is 496. The molecule has 0 aromatic heterocycles. The Hall–Kier alpha value is -0.910. The Balaban J connectivity index is 2.46. The minimum Gasteiger partial charge on any atom is -0.312 e. The van der Waals surface area contributed by atoms with Crippen molar-refractivity contribution < 1.29 is 8.42 Å². The summed E-state index contributed by atoms with van der Waals surface area (Å²) in [5.74, 6) is 0.130. The van der Waals surface area contributed by atoms with Gasteiger partial charge in [0, 0.05) is 27.2 Å². The molecule has 0 bridgehead atoms. The fraction of sp³-hybridized carbons (Fsp3) is 0.538. The van der Waals surface area contributed by atoms with Crippen LogP contribution in [-0.4, -0.2) is 39.1 Å². The molecular formula is C13H22N2O2S. The van der Waals surface area contributed by atoms with Crippen LogP contribution < -0.4 is 5.32 Å². The zero-order chi connectivity index (χ0) is 13.8. The molecule has 1 aromatic rings. The Morgan fingerprint density at radius 2 is 1.89 bits per heavy atom. The van der Waals surface area contributed by atoms with Gasteiger partial charge in [-0.15, -0.1) is 0 Å². The van der Waals surface area contributed by atoms with Gasteiger partial charge in [-0.1, -0.05) is 23.8 Å². The van der Waals surface area contributed by atoms with Gasteiger partial charge in [-0.2, -0.15) is 0 Å². The number of nitrogens with one attached hydrogen (secondary N) is 1. The van der Waals surface area contributed by atoms with Gasteiger partial charge < -0.3 is 5.32 Å². The van der Waals surface area contributed by atoms with Gasteiger partial charge in [0.05, 0.1) is 5.75 Å². The first-order chi connectivity index (χ1) is 8.33. The first kappa shape index (κ1) is 15.1. The number of benzene rings is 1. The molecule has 0 heterocycles. The van der Waals surface area contributed by atoms with Crippen molar-refractivity contribution in [2.24, 2.45) is 0 Å². The van der Waals surface area contributed by atoms with Gasteiger partial charge in [-0.25, -0.2) is 12.7 Å². The van der Waals surface area contributed by atoms with Crippen molar-refractivity contribution in [3.63, 3.8) is 0 Å². The Kier molecular flexibility index (Phi) is 5.31. The molecule has 18 heavy (non-hydrogen) atoms. The smallest absolute Gasteiger partial charge is 0.214 e. The van der Waals surface area contributed by atoms with E-state index in [1.54, 1.807) is 14.1 Å². The van der Waals surface area contributed by atoms with E-state index in [9.17, 15) is 8.42 Å². The van der Waals surface area contributed by atoms with Crippen LogP contribution in [0.4, 0.5) is 0 Å². The van der Waals surface area contributed by atoms with Crippen molar-refractivity contribution >= 4 is 10.0 Å². The molecule has 0 radical (unpaired) electrons. The maximum Gasteiger partial charge on any atom is 0.214 e. The van der Waals surface area contributed by atoms with Crippen LogP contribution in [0.2, 0.25) is 0 Å². The van der Waals surface area contributed by atoms with Crippen molar-refractivity contribution in [1.82, 2.24) is 9.62 Å². The molecule has 0 spiro atoms. The molecule has 0 atom stereocenters. The van der Waals surface area contributed by atoms with Gasteiger partial charge in [-0.05, 0) is 25.0 Å². The average molecular weight is 270 g/mol. The zero-order valence-electron chi connectivity index (χ0n) is 11.5. The molecule has 1 aromatic carbocycles. The lowest BCUT2D eigenvalue weighted by Crippen LogP contribution is -2.31. The molecule has 102 valence electrons. The highest BCUT2D eigenvalue weighted by Crippen LogP contribution is 2.10. The number of rotatable bonds is 6.